The van der Waals surface area contributed by atoms with E-state index in [1.807, 2.05) is 18.2 Å². The van der Waals surface area contributed by atoms with Gasteiger partial charge in [-0.1, -0.05) is 0 Å². The van der Waals surface area contributed by atoms with Gasteiger partial charge in [-0.25, -0.2) is 0 Å². The molecule has 0 amide bonds. The first-order valence-electron chi connectivity index (χ1n) is 5.43. The molecule has 0 radical (unpaired) electrons. The topological polar surface area (TPSA) is 61.5 Å². The molecule has 0 atom stereocenters. The minimum atomic E-state index is 0.578. The average Bonchev–Trinajstić information content (AvgIpc) is 2.79. The molecule has 18 heavy (non-hydrogen) atoms. The van der Waals surface area contributed by atoms with Crippen LogP contribution >= 0.6 is 0 Å². The van der Waals surface area contributed by atoms with Gasteiger partial charge in [-0.15, -0.1) is 0 Å². The number of guanidine groups is 1. The number of hydrogen-bond donors (Lipinski definition) is 1. The molecule has 1 aromatic carbocycles. The summed E-state index contributed by atoms with van der Waals surface area (Å²) in [6, 6.07) is 10.1. The summed E-state index contributed by atoms with van der Waals surface area (Å²) in [6.07, 6.45) is 1.66. The molecule has 2 aliphatic heterocycles. The Morgan fingerprint density at radius 1 is 1.06 bits per heavy atom. The standard InChI is InChI=1S/C12H9N5Se/c18-12-14-7-9-10(17-12)16-11(15-9)13-6-8-4-2-1-3-5-8/h1-5,7H,6H2,(H,13,16,17,18). The predicted molar refractivity (Wildman–Crippen MR) is 74.8 cm³/mol. The molecule has 5 nitrogen and oxygen atoms in total. The molecule has 1 N–H and O–H groups in total. The van der Waals surface area contributed by atoms with E-state index in [1.165, 1.54) is 5.56 Å². The van der Waals surface area contributed by atoms with Crippen molar-refractivity contribution < 1.29 is 0 Å². The van der Waals surface area contributed by atoms with Crippen molar-refractivity contribution in [1.82, 2.24) is 5.32 Å². The Morgan fingerprint density at radius 2 is 1.89 bits per heavy atom. The van der Waals surface area contributed by atoms with E-state index in [-0.39, 0.29) is 0 Å². The number of nitrogens with zero attached hydrogens (tertiary/aromatic N) is 4. The van der Waals surface area contributed by atoms with E-state index < -0.39 is 0 Å². The van der Waals surface area contributed by atoms with Crippen molar-refractivity contribution in [3.63, 3.8) is 0 Å². The van der Waals surface area contributed by atoms with E-state index in [9.17, 15) is 0 Å². The molecular weight excluding hydrogens is 293 g/mol. The van der Waals surface area contributed by atoms with Gasteiger partial charge in [0.25, 0.3) is 0 Å². The fraction of sp³-hybridized carbons (Fsp3) is 0.0833. The van der Waals surface area contributed by atoms with Crippen molar-refractivity contribution in [3.05, 3.63) is 35.9 Å². The third-order valence-electron chi connectivity index (χ3n) is 2.46. The first-order chi connectivity index (χ1) is 8.81. The van der Waals surface area contributed by atoms with Crippen LogP contribution in [-0.2, 0) is 6.54 Å². The van der Waals surface area contributed by atoms with Gasteiger partial charge in [-0.2, -0.15) is 0 Å². The van der Waals surface area contributed by atoms with Crippen LogP contribution in [0.25, 0.3) is 0 Å². The van der Waals surface area contributed by atoms with Crippen LogP contribution in [0.3, 0.4) is 0 Å². The number of nitrogens with one attached hydrogen (secondary N) is 1. The van der Waals surface area contributed by atoms with Gasteiger partial charge in [0, 0.05) is 0 Å². The van der Waals surface area contributed by atoms with Crippen LogP contribution < -0.4 is 5.32 Å². The molecule has 0 fully saturated rings. The van der Waals surface area contributed by atoms with Crippen LogP contribution in [0.2, 0.25) is 0 Å². The molecule has 2 aliphatic rings. The summed E-state index contributed by atoms with van der Waals surface area (Å²) < 4.78 is 0.581. The zero-order valence-corrected chi connectivity index (χ0v) is 11.1. The number of rotatable bonds is 2. The number of amidine groups is 1. The van der Waals surface area contributed by atoms with Gasteiger partial charge in [-0.3, -0.25) is 0 Å². The summed E-state index contributed by atoms with van der Waals surface area (Å²) in [5, 5.41) is 3.17. The van der Waals surface area contributed by atoms with E-state index in [2.05, 4.69) is 53.0 Å². The normalized spacial score (nSPS) is 16.9. The number of benzene rings is 1. The Hall–Kier alpha value is -1.91. The Labute approximate surface area is 112 Å². The van der Waals surface area contributed by atoms with Crippen LogP contribution in [0.1, 0.15) is 5.56 Å². The fourth-order valence-corrected chi connectivity index (χ4v) is 1.90. The monoisotopic (exact) mass is 303 g/mol. The summed E-state index contributed by atoms with van der Waals surface area (Å²) in [5.74, 6) is 1.18. The summed E-state index contributed by atoms with van der Waals surface area (Å²) in [4.78, 5) is 16.8. The van der Waals surface area contributed by atoms with Crippen LogP contribution in [0.5, 0.6) is 0 Å². The van der Waals surface area contributed by atoms with Crippen LogP contribution in [-0.4, -0.2) is 44.0 Å². The molecule has 0 saturated heterocycles. The second-order valence-corrected chi connectivity index (χ2v) is 4.51. The number of hydrogen-bond acceptors (Lipinski definition) is 5. The quantitative estimate of drug-likeness (QED) is 0.786. The Morgan fingerprint density at radius 3 is 2.72 bits per heavy atom. The zero-order chi connectivity index (χ0) is 12.4. The molecule has 3 rings (SSSR count). The molecular formula is C12H9N5Se. The maximum atomic E-state index is 4.31. The van der Waals surface area contributed by atoms with Crippen molar-refractivity contribution in [3.8, 4) is 0 Å². The van der Waals surface area contributed by atoms with Crippen molar-refractivity contribution in [2.75, 3.05) is 0 Å². The van der Waals surface area contributed by atoms with E-state index in [0.29, 0.717) is 28.7 Å². The summed E-state index contributed by atoms with van der Waals surface area (Å²) in [7, 11) is 0. The summed E-state index contributed by atoms with van der Waals surface area (Å²) in [5.41, 5.74) is 1.88. The van der Waals surface area contributed by atoms with Gasteiger partial charge < -0.3 is 0 Å². The van der Waals surface area contributed by atoms with Crippen molar-refractivity contribution in [2.24, 2.45) is 20.0 Å². The van der Waals surface area contributed by atoms with Crippen molar-refractivity contribution in [1.29, 1.82) is 0 Å². The first-order valence-corrected chi connectivity index (χ1v) is 6.29. The van der Waals surface area contributed by atoms with Crippen LogP contribution in [0, 0.1) is 0 Å². The second-order valence-electron chi connectivity index (χ2n) is 3.75. The molecule has 2 heterocycles. The molecule has 0 saturated carbocycles. The van der Waals surface area contributed by atoms with Crippen molar-refractivity contribution >= 4 is 44.0 Å². The molecule has 6 heteroatoms. The Balaban J connectivity index is 1.71. The van der Waals surface area contributed by atoms with Crippen molar-refractivity contribution in [2.45, 2.75) is 6.54 Å². The summed E-state index contributed by atoms with van der Waals surface area (Å²) in [6.45, 7) is 0.690. The number of aliphatic imine (C=N–C) groups is 4. The maximum absolute atomic E-state index is 4.31. The Kier molecular flexibility index (Phi) is 2.96. The van der Waals surface area contributed by atoms with Gasteiger partial charge in [0.1, 0.15) is 0 Å². The van der Waals surface area contributed by atoms with Gasteiger partial charge in [0.05, 0.1) is 0 Å². The van der Waals surface area contributed by atoms with Crippen LogP contribution in [0.15, 0.2) is 50.3 Å². The molecule has 88 valence electrons. The van der Waals surface area contributed by atoms with E-state index in [0.717, 1.165) is 0 Å². The molecule has 0 bridgehead atoms. The molecule has 0 spiro atoms. The molecule has 0 unspecified atom stereocenters. The van der Waals surface area contributed by atoms with E-state index >= 15 is 0 Å². The predicted octanol–water partition coefficient (Wildman–Crippen LogP) is 0.326. The third kappa shape index (κ3) is 2.34. The molecule has 0 aliphatic carbocycles. The SMILES string of the molecule is [Se]=C1N=CC2=NC(NCc3ccccc3)=NC2=N1. The fourth-order valence-electron chi connectivity index (χ4n) is 1.61. The van der Waals surface area contributed by atoms with Crippen LogP contribution in [0.4, 0.5) is 0 Å². The minimum absolute atomic E-state index is 0.578. The van der Waals surface area contributed by atoms with E-state index in [1.54, 1.807) is 6.21 Å². The number of fused-ring (bicyclic) bond motifs is 1. The zero-order valence-electron chi connectivity index (χ0n) is 9.37. The van der Waals surface area contributed by atoms with E-state index in [4.69, 9.17) is 0 Å². The first kappa shape index (κ1) is 11.2. The molecule has 0 aromatic heterocycles. The average molecular weight is 302 g/mol. The van der Waals surface area contributed by atoms with Gasteiger partial charge in [0.2, 0.25) is 0 Å². The van der Waals surface area contributed by atoms with Gasteiger partial charge in [-0.05, 0) is 0 Å². The second kappa shape index (κ2) is 4.76. The van der Waals surface area contributed by atoms with Gasteiger partial charge >= 0.3 is 112 Å². The Bertz CT molecular complexity index is 613. The van der Waals surface area contributed by atoms with Gasteiger partial charge in [0.15, 0.2) is 0 Å². The summed E-state index contributed by atoms with van der Waals surface area (Å²) >= 11 is 2.75. The third-order valence-corrected chi connectivity index (χ3v) is 2.87. The molecule has 1 aromatic rings.